The van der Waals surface area contributed by atoms with E-state index in [4.69, 9.17) is 9.73 Å². The van der Waals surface area contributed by atoms with Gasteiger partial charge in [0, 0.05) is 5.41 Å². The summed E-state index contributed by atoms with van der Waals surface area (Å²) in [7, 11) is 0. The number of hydrogen-bond acceptors (Lipinski definition) is 6. The van der Waals surface area contributed by atoms with E-state index in [-0.39, 0.29) is 16.9 Å². The van der Waals surface area contributed by atoms with Gasteiger partial charge < -0.3 is 10.1 Å². The zero-order chi connectivity index (χ0) is 18.9. The number of aliphatic imine (C=N–C) groups is 1. The first kappa shape index (κ1) is 18.3. The van der Waals surface area contributed by atoms with Crippen LogP contribution in [0.4, 0.5) is 11.6 Å². The summed E-state index contributed by atoms with van der Waals surface area (Å²) in [5.41, 5.74) is 2.62. The predicted octanol–water partition coefficient (Wildman–Crippen LogP) is 4.10. The lowest BCUT2D eigenvalue weighted by atomic mass is 9.88. The van der Waals surface area contributed by atoms with Gasteiger partial charge in [-0.1, -0.05) is 53.7 Å². The van der Waals surface area contributed by atoms with Crippen LogP contribution in [0.2, 0.25) is 0 Å². The van der Waals surface area contributed by atoms with Crippen molar-refractivity contribution in [2.24, 2.45) is 10.4 Å². The molecular weight excluding hydrogens is 326 g/mol. The van der Waals surface area contributed by atoms with Gasteiger partial charge in [0.05, 0.1) is 29.2 Å². The van der Waals surface area contributed by atoms with Gasteiger partial charge in [0.15, 0.2) is 0 Å². The molecule has 0 saturated heterocycles. The fourth-order valence-electron chi connectivity index (χ4n) is 2.58. The molecule has 3 rings (SSSR count). The van der Waals surface area contributed by atoms with Crippen LogP contribution in [0, 0.1) is 5.41 Å². The lowest BCUT2D eigenvalue weighted by molar-refractivity contribution is 0.236. The molecule has 1 N–H and O–H groups in total. The highest BCUT2D eigenvalue weighted by Gasteiger charge is 2.31. The van der Waals surface area contributed by atoms with E-state index in [9.17, 15) is 0 Å². The van der Waals surface area contributed by atoms with Crippen LogP contribution in [0.5, 0.6) is 0 Å². The Morgan fingerprint density at radius 1 is 1.08 bits per heavy atom. The van der Waals surface area contributed by atoms with Crippen LogP contribution in [-0.2, 0) is 10.2 Å². The maximum atomic E-state index is 5.89. The normalized spacial score (nSPS) is 17.6. The first-order chi connectivity index (χ1) is 12.1. The van der Waals surface area contributed by atoms with Crippen molar-refractivity contribution in [3.63, 3.8) is 0 Å². The van der Waals surface area contributed by atoms with Crippen molar-refractivity contribution in [3.05, 3.63) is 41.7 Å². The fourth-order valence-corrected chi connectivity index (χ4v) is 2.58. The Balaban J connectivity index is 1.90. The van der Waals surface area contributed by atoms with Crippen LogP contribution in [0.25, 0.3) is 0 Å². The van der Waals surface area contributed by atoms with Gasteiger partial charge >= 0.3 is 0 Å². The average molecular weight is 353 g/mol. The molecule has 0 radical (unpaired) electrons. The van der Waals surface area contributed by atoms with Crippen LogP contribution in [0.3, 0.4) is 0 Å². The third-order valence-corrected chi connectivity index (χ3v) is 4.38. The summed E-state index contributed by atoms with van der Waals surface area (Å²) in [6.45, 7) is 13.4. The Hall–Kier alpha value is -2.50. The lowest BCUT2D eigenvalue weighted by Gasteiger charge is -2.21. The maximum absolute atomic E-state index is 5.89. The third kappa shape index (κ3) is 4.00. The second-order valence-electron chi connectivity index (χ2n) is 8.71. The van der Waals surface area contributed by atoms with Gasteiger partial charge in [-0.05, 0) is 17.5 Å². The zero-order valence-electron chi connectivity index (χ0n) is 16.4. The number of anilines is 2. The van der Waals surface area contributed by atoms with Crippen molar-refractivity contribution in [2.75, 3.05) is 11.9 Å². The van der Waals surface area contributed by atoms with E-state index >= 15 is 0 Å². The molecule has 0 aliphatic carbocycles. The number of para-hydroxylation sites is 1. The molecule has 6 nitrogen and oxygen atoms in total. The summed E-state index contributed by atoms with van der Waals surface area (Å²) < 4.78 is 5.89. The van der Waals surface area contributed by atoms with Crippen LogP contribution in [0.15, 0.2) is 35.5 Å². The highest BCUT2D eigenvalue weighted by Crippen LogP contribution is 2.30. The number of nitrogens with one attached hydrogen (secondary N) is 1. The van der Waals surface area contributed by atoms with Crippen molar-refractivity contribution in [2.45, 2.75) is 53.0 Å². The van der Waals surface area contributed by atoms with Crippen LogP contribution in [0.1, 0.15) is 52.8 Å². The van der Waals surface area contributed by atoms with Gasteiger partial charge in [-0.25, -0.2) is 9.98 Å². The molecule has 26 heavy (non-hydrogen) atoms. The molecule has 0 spiro atoms. The van der Waals surface area contributed by atoms with E-state index in [0.29, 0.717) is 18.5 Å². The molecule has 6 heteroatoms. The van der Waals surface area contributed by atoms with Gasteiger partial charge in [0.2, 0.25) is 11.8 Å². The van der Waals surface area contributed by atoms with Crippen LogP contribution in [-0.4, -0.2) is 33.7 Å². The molecule has 0 fully saturated rings. The number of aromatic nitrogens is 3. The molecule has 0 amide bonds. The molecule has 1 atom stereocenters. The topological polar surface area (TPSA) is 72.3 Å². The molecule has 0 unspecified atom stereocenters. The highest BCUT2D eigenvalue weighted by atomic mass is 16.5. The van der Waals surface area contributed by atoms with Crippen LogP contribution < -0.4 is 5.32 Å². The monoisotopic (exact) mass is 353 g/mol. The molecule has 138 valence electrons. The van der Waals surface area contributed by atoms with Crippen molar-refractivity contribution >= 4 is 17.5 Å². The fraction of sp³-hybridized carbons (Fsp3) is 0.500. The Labute approximate surface area is 155 Å². The molecule has 1 aromatic heterocycles. The maximum Gasteiger partial charge on any atom is 0.247 e. The van der Waals surface area contributed by atoms with Crippen molar-refractivity contribution in [1.29, 1.82) is 0 Å². The number of hydrogen-bond donors (Lipinski definition) is 1. The first-order valence-electron chi connectivity index (χ1n) is 8.92. The minimum atomic E-state index is -0.0928. The standard InChI is InChI=1S/C20H27N5O/c1-19(2,3)15-11-21-25-18(24-15)22-14-10-8-7-9-13(14)17-23-16(12-26-17)20(4,5)6/h7-11,16H,12H2,1-6H3,(H,22,24,25)/t16-/m1/s1. The smallest absolute Gasteiger partial charge is 0.247 e. The van der Waals surface area contributed by atoms with E-state index < -0.39 is 0 Å². The van der Waals surface area contributed by atoms with Gasteiger partial charge in [-0.3, -0.25) is 0 Å². The van der Waals surface area contributed by atoms with Gasteiger partial charge in [0.25, 0.3) is 0 Å². The number of benzene rings is 1. The van der Waals surface area contributed by atoms with Crippen molar-refractivity contribution in [3.8, 4) is 0 Å². The second kappa shape index (κ2) is 6.67. The molecule has 1 aromatic carbocycles. The predicted molar refractivity (Wildman–Crippen MR) is 104 cm³/mol. The number of nitrogens with zero attached hydrogens (tertiary/aromatic N) is 4. The van der Waals surface area contributed by atoms with E-state index in [1.807, 2.05) is 24.3 Å². The van der Waals surface area contributed by atoms with E-state index in [1.54, 1.807) is 6.20 Å². The molecular formula is C20H27N5O. The molecule has 0 saturated carbocycles. The second-order valence-corrected chi connectivity index (χ2v) is 8.71. The van der Waals surface area contributed by atoms with Gasteiger partial charge in [0.1, 0.15) is 6.61 Å². The van der Waals surface area contributed by atoms with Gasteiger partial charge in [-0.2, -0.15) is 5.10 Å². The van der Waals surface area contributed by atoms with E-state index in [1.165, 1.54) is 0 Å². The van der Waals surface area contributed by atoms with Crippen molar-refractivity contribution in [1.82, 2.24) is 15.2 Å². The Kier molecular flexibility index (Phi) is 4.69. The Morgan fingerprint density at radius 3 is 2.46 bits per heavy atom. The Morgan fingerprint density at radius 2 is 1.81 bits per heavy atom. The average Bonchev–Trinajstić information content (AvgIpc) is 3.05. The number of rotatable bonds is 3. The first-order valence-corrected chi connectivity index (χ1v) is 8.92. The van der Waals surface area contributed by atoms with Gasteiger partial charge in [-0.15, -0.1) is 5.10 Å². The summed E-state index contributed by atoms with van der Waals surface area (Å²) >= 11 is 0. The lowest BCUT2D eigenvalue weighted by Crippen LogP contribution is -2.25. The van der Waals surface area contributed by atoms with Crippen molar-refractivity contribution < 1.29 is 4.74 Å². The third-order valence-electron chi connectivity index (χ3n) is 4.38. The summed E-state index contributed by atoms with van der Waals surface area (Å²) in [5, 5.41) is 11.5. The SMILES string of the molecule is CC(C)(C)c1cnnc(Nc2ccccc2C2=N[C@@H](C(C)(C)C)CO2)n1. The zero-order valence-corrected chi connectivity index (χ0v) is 16.4. The number of ether oxygens (including phenoxy) is 1. The molecule has 0 bridgehead atoms. The van der Waals surface area contributed by atoms with E-state index in [2.05, 4.69) is 62.0 Å². The summed E-state index contributed by atoms with van der Waals surface area (Å²) in [5.74, 6) is 1.13. The molecule has 2 heterocycles. The highest BCUT2D eigenvalue weighted by molar-refractivity contribution is 6.00. The summed E-state index contributed by atoms with van der Waals surface area (Å²) in [6, 6.07) is 8.05. The Bertz CT molecular complexity index is 817. The minimum Gasteiger partial charge on any atom is -0.475 e. The summed E-state index contributed by atoms with van der Waals surface area (Å²) in [4.78, 5) is 9.38. The van der Waals surface area contributed by atoms with Crippen LogP contribution >= 0.6 is 0 Å². The largest absolute Gasteiger partial charge is 0.475 e. The molecule has 1 aliphatic heterocycles. The summed E-state index contributed by atoms with van der Waals surface area (Å²) in [6.07, 6.45) is 1.70. The molecule has 2 aromatic rings. The quantitative estimate of drug-likeness (QED) is 0.899. The van der Waals surface area contributed by atoms with E-state index in [0.717, 1.165) is 16.9 Å². The molecule has 1 aliphatic rings. The minimum absolute atomic E-state index is 0.0677.